The molecule has 0 amide bonds. The molecule has 108 valence electrons. The molecule has 1 heterocycles. The summed E-state index contributed by atoms with van der Waals surface area (Å²) in [6, 6.07) is 7.37. The van der Waals surface area contributed by atoms with Crippen LogP contribution in [0.1, 0.15) is 23.7 Å². The largest absolute Gasteiger partial charge is 0.384 e. The molecule has 20 heavy (non-hydrogen) atoms. The fourth-order valence-electron chi connectivity index (χ4n) is 2.15. The van der Waals surface area contributed by atoms with Gasteiger partial charge in [0.05, 0.1) is 6.20 Å². The van der Waals surface area contributed by atoms with Crippen LogP contribution in [0.4, 0.5) is 0 Å². The van der Waals surface area contributed by atoms with E-state index >= 15 is 0 Å². The van der Waals surface area contributed by atoms with E-state index in [0.717, 1.165) is 16.8 Å². The fraction of sp³-hybridized carbons (Fsp3) is 0.400. The van der Waals surface area contributed by atoms with Crippen molar-refractivity contribution in [3.8, 4) is 0 Å². The van der Waals surface area contributed by atoms with Gasteiger partial charge in [0.25, 0.3) is 0 Å². The average molecular weight is 294 g/mol. The summed E-state index contributed by atoms with van der Waals surface area (Å²) in [5, 5.41) is 18.6. The minimum atomic E-state index is -1.01. The maximum Gasteiger partial charge on any atom is 0.101 e. The third-order valence-corrected chi connectivity index (χ3v) is 3.91. The van der Waals surface area contributed by atoms with Gasteiger partial charge in [-0.3, -0.25) is 4.68 Å². The van der Waals surface area contributed by atoms with E-state index in [9.17, 15) is 5.11 Å². The molecule has 4 nitrogen and oxygen atoms in total. The van der Waals surface area contributed by atoms with Crippen molar-refractivity contribution < 1.29 is 5.11 Å². The van der Waals surface area contributed by atoms with E-state index in [-0.39, 0.29) is 0 Å². The Morgan fingerprint density at radius 2 is 2.10 bits per heavy atom. The molecule has 0 aliphatic rings. The second-order valence-electron chi connectivity index (χ2n) is 5.24. The van der Waals surface area contributed by atoms with Crippen LogP contribution >= 0.6 is 11.6 Å². The lowest BCUT2D eigenvalue weighted by atomic mass is 9.96. The van der Waals surface area contributed by atoms with Gasteiger partial charge in [0.1, 0.15) is 5.60 Å². The Hall–Kier alpha value is -1.36. The summed E-state index contributed by atoms with van der Waals surface area (Å²) in [7, 11) is 1.92. The van der Waals surface area contributed by atoms with Gasteiger partial charge in [-0.1, -0.05) is 29.8 Å². The standard InChI is InChI=1S/C15H20ClN3O/c1-11-12(9-18-19(11)3)8-17-10-15(2,20)13-6-4-5-7-14(13)16/h4-7,9,17,20H,8,10H2,1-3H3/t15-/m0/s1. The second kappa shape index (κ2) is 5.95. The van der Waals surface area contributed by atoms with Crippen molar-refractivity contribution in [2.75, 3.05) is 6.54 Å². The third-order valence-electron chi connectivity index (χ3n) is 3.58. The molecule has 0 aliphatic heterocycles. The fourth-order valence-corrected chi connectivity index (χ4v) is 2.49. The van der Waals surface area contributed by atoms with E-state index in [2.05, 4.69) is 10.4 Å². The summed E-state index contributed by atoms with van der Waals surface area (Å²) in [5.74, 6) is 0. The van der Waals surface area contributed by atoms with E-state index in [4.69, 9.17) is 11.6 Å². The summed E-state index contributed by atoms with van der Waals surface area (Å²) in [5.41, 5.74) is 1.98. The normalized spacial score (nSPS) is 14.2. The number of hydrogen-bond donors (Lipinski definition) is 2. The first-order valence-corrected chi connectivity index (χ1v) is 6.95. The molecule has 1 aromatic carbocycles. The quantitative estimate of drug-likeness (QED) is 0.890. The van der Waals surface area contributed by atoms with Crippen LogP contribution in [0, 0.1) is 6.92 Å². The Balaban J connectivity index is 2.00. The number of aryl methyl sites for hydroxylation is 1. The van der Waals surface area contributed by atoms with E-state index < -0.39 is 5.60 Å². The van der Waals surface area contributed by atoms with Crippen molar-refractivity contribution >= 4 is 11.6 Å². The molecule has 2 rings (SSSR count). The lowest BCUT2D eigenvalue weighted by Crippen LogP contribution is -2.35. The SMILES string of the molecule is Cc1c(CNC[C@](C)(O)c2ccccc2Cl)cnn1C. The first kappa shape index (κ1) is 15.0. The van der Waals surface area contributed by atoms with Gasteiger partial charge in [-0.2, -0.15) is 5.10 Å². The number of nitrogens with zero attached hydrogens (tertiary/aromatic N) is 2. The Bertz CT molecular complexity index is 593. The molecule has 5 heteroatoms. The first-order chi connectivity index (χ1) is 9.42. The van der Waals surface area contributed by atoms with Crippen LogP contribution in [0.2, 0.25) is 5.02 Å². The van der Waals surface area contributed by atoms with E-state index in [1.807, 2.05) is 43.0 Å². The summed E-state index contributed by atoms with van der Waals surface area (Å²) >= 11 is 6.13. The van der Waals surface area contributed by atoms with Crippen LogP contribution in [-0.2, 0) is 19.2 Å². The van der Waals surface area contributed by atoms with Gasteiger partial charge in [-0.15, -0.1) is 0 Å². The molecular weight excluding hydrogens is 274 g/mol. The number of benzene rings is 1. The van der Waals surface area contributed by atoms with Crippen LogP contribution in [0.25, 0.3) is 0 Å². The summed E-state index contributed by atoms with van der Waals surface area (Å²) in [6.07, 6.45) is 1.84. The van der Waals surface area contributed by atoms with Gasteiger partial charge < -0.3 is 10.4 Å². The maximum absolute atomic E-state index is 10.6. The highest BCUT2D eigenvalue weighted by Crippen LogP contribution is 2.27. The van der Waals surface area contributed by atoms with Gasteiger partial charge in [0.2, 0.25) is 0 Å². The predicted octanol–water partition coefficient (Wildman–Crippen LogP) is 2.38. The zero-order chi connectivity index (χ0) is 14.8. The Labute approximate surface area is 124 Å². The van der Waals surface area contributed by atoms with Gasteiger partial charge in [0.15, 0.2) is 0 Å². The highest BCUT2D eigenvalue weighted by molar-refractivity contribution is 6.31. The Morgan fingerprint density at radius 3 is 2.70 bits per heavy atom. The second-order valence-corrected chi connectivity index (χ2v) is 5.64. The molecule has 0 unspecified atom stereocenters. The molecule has 1 atom stereocenters. The first-order valence-electron chi connectivity index (χ1n) is 6.57. The molecule has 0 saturated heterocycles. The summed E-state index contributed by atoms with van der Waals surface area (Å²) < 4.78 is 1.84. The monoisotopic (exact) mass is 293 g/mol. The lowest BCUT2D eigenvalue weighted by molar-refractivity contribution is 0.0567. The van der Waals surface area contributed by atoms with Gasteiger partial charge >= 0.3 is 0 Å². The molecule has 0 saturated carbocycles. The lowest BCUT2D eigenvalue weighted by Gasteiger charge is -2.25. The number of halogens is 1. The van der Waals surface area contributed by atoms with Crippen LogP contribution in [0.3, 0.4) is 0 Å². The van der Waals surface area contributed by atoms with Crippen molar-refractivity contribution in [2.45, 2.75) is 26.0 Å². The average Bonchev–Trinajstić information content (AvgIpc) is 2.71. The van der Waals surface area contributed by atoms with Crippen LogP contribution in [0.5, 0.6) is 0 Å². The molecule has 2 N–H and O–H groups in total. The van der Waals surface area contributed by atoms with E-state index in [1.54, 1.807) is 13.0 Å². The molecule has 0 fully saturated rings. The molecule has 2 aromatic rings. The van der Waals surface area contributed by atoms with Crippen LogP contribution in [0.15, 0.2) is 30.5 Å². The Kier molecular flexibility index (Phi) is 4.48. The predicted molar refractivity (Wildman–Crippen MR) is 80.7 cm³/mol. The highest BCUT2D eigenvalue weighted by atomic mass is 35.5. The number of hydrogen-bond acceptors (Lipinski definition) is 3. The van der Waals surface area contributed by atoms with Crippen molar-refractivity contribution in [1.29, 1.82) is 0 Å². The van der Waals surface area contributed by atoms with Crippen molar-refractivity contribution in [3.05, 3.63) is 52.3 Å². The molecular formula is C15H20ClN3O. The third kappa shape index (κ3) is 3.20. The van der Waals surface area contributed by atoms with E-state index in [0.29, 0.717) is 18.1 Å². The smallest absolute Gasteiger partial charge is 0.101 e. The van der Waals surface area contributed by atoms with Gasteiger partial charge in [0, 0.05) is 42.0 Å². The number of aliphatic hydroxyl groups is 1. The zero-order valence-corrected chi connectivity index (χ0v) is 12.8. The van der Waals surface area contributed by atoms with Gasteiger partial charge in [-0.05, 0) is 19.9 Å². The molecule has 0 bridgehead atoms. The topological polar surface area (TPSA) is 50.1 Å². The minimum Gasteiger partial charge on any atom is -0.384 e. The number of rotatable bonds is 5. The van der Waals surface area contributed by atoms with E-state index in [1.165, 1.54) is 0 Å². The Morgan fingerprint density at radius 1 is 1.40 bits per heavy atom. The van der Waals surface area contributed by atoms with Crippen LogP contribution in [-0.4, -0.2) is 21.4 Å². The zero-order valence-electron chi connectivity index (χ0n) is 12.0. The van der Waals surface area contributed by atoms with Gasteiger partial charge in [-0.25, -0.2) is 0 Å². The number of nitrogens with one attached hydrogen (secondary N) is 1. The molecule has 0 spiro atoms. The minimum absolute atomic E-state index is 0.422. The highest BCUT2D eigenvalue weighted by Gasteiger charge is 2.25. The molecule has 0 aliphatic carbocycles. The van der Waals surface area contributed by atoms with Crippen molar-refractivity contribution in [2.24, 2.45) is 7.05 Å². The molecule has 1 aromatic heterocycles. The molecule has 0 radical (unpaired) electrons. The summed E-state index contributed by atoms with van der Waals surface area (Å²) in [6.45, 7) is 4.87. The maximum atomic E-state index is 10.6. The van der Waals surface area contributed by atoms with Crippen molar-refractivity contribution in [3.63, 3.8) is 0 Å². The van der Waals surface area contributed by atoms with Crippen molar-refractivity contribution in [1.82, 2.24) is 15.1 Å². The van der Waals surface area contributed by atoms with Crippen LogP contribution < -0.4 is 5.32 Å². The number of aromatic nitrogens is 2. The summed E-state index contributed by atoms with van der Waals surface area (Å²) in [4.78, 5) is 0.